The Balaban J connectivity index is 0.000000187. The number of rotatable bonds is 16. The molecule has 3 heterocycles. The van der Waals surface area contributed by atoms with E-state index in [2.05, 4.69) is 0 Å². The van der Waals surface area contributed by atoms with Crippen molar-refractivity contribution in [3.8, 4) is 0 Å². The SMILES string of the molecule is COC(=O)[C@@H]1C[C@H](O)C(=O)C2[C@@](C)(CCC3CCOC3)[C@H](C(=O)O)CC[C@]21C.COC(=O)[C@@H]1C[C@H](O)[C@H](O)C2[C@@](C)(CCC3CCOC3)[C@H](C(=O)O)CC[C@]21C.COC(=O)[C@@H]1C[C@H](OC(C)=O)C(=O)C2[C@@](C)(CCC3CCOC3)[C@H](C(=O)O)CC[C@]21C. The molecule has 22 atom stereocenters. The third-order valence-electron chi connectivity index (χ3n) is 24.1. The minimum absolute atomic E-state index is 0.0444. The highest BCUT2D eigenvalue weighted by atomic mass is 16.6. The molecule has 6 aliphatic carbocycles. The number of fused-ring (bicyclic) bond motifs is 3. The average molecular weight is 1230 g/mol. The van der Waals surface area contributed by atoms with Crippen LogP contribution in [-0.4, -0.2) is 169 Å². The topological polar surface area (TPSA) is 340 Å². The quantitative estimate of drug-likeness (QED) is 0.0708. The first-order chi connectivity index (χ1) is 40.8. The smallest absolute Gasteiger partial charge is 0.309 e. The fourth-order valence-corrected chi connectivity index (χ4v) is 19.4. The summed E-state index contributed by atoms with van der Waals surface area (Å²) >= 11 is 0. The molecule has 3 saturated heterocycles. The van der Waals surface area contributed by atoms with Crippen LogP contribution in [0.4, 0.5) is 0 Å². The molecule has 9 fully saturated rings. The molecule has 6 unspecified atom stereocenters. The minimum atomic E-state index is -1.26. The molecule has 492 valence electrons. The van der Waals surface area contributed by atoms with Crippen LogP contribution in [0.2, 0.25) is 0 Å². The van der Waals surface area contributed by atoms with Gasteiger partial charge in [-0.2, -0.15) is 0 Å². The van der Waals surface area contributed by atoms with Gasteiger partial charge in [0.05, 0.1) is 69.0 Å². The summed E-state index contributed by atoms with van der Waals surface area (Å²) in [5, 5.41) is 62.0. The Morgan fingerprint density at radius 2 is 0.839 bits per heavy atom. The predicted octanol–water partition coefficient (Wildman–Crippen LogP) is 6.51. The van der Waals surface area contributed by atoms with Gasteiger partial charge in [-0.25, -0.2) is 0 Å². The molecule has 22 nitrogen and oxygen atoms in total. The Morgan fingerprint density at radius 3 is 1.21 bits per heavy atom. The van der Waals surface area contributed by atoms with Crippen LogP contribution in [0.1, 0.15) is 164 Å². The maximum atomic E-state index is 13.7. The minimum Gasteiger partial charge on any atom is -0.481 e. The number of carbonyl (C=O) groups is 9. The Kier molecular flexibility index (Phi) is 22.4. The van der Waals surface area contributed by atoms with Crippen LogP contribution in [-0.2, 0) is 76.3 Å². The van der Waals surface area contributed by atoms with E-state index in [1.165, 1.54) is 28.3 Å². The number of methoxy groups -OCH3 is 3. The second-order valence-electron chi connectivity index (χ2n) is 28.9. The number of esters is 4. The molecule has 3 aliphatic heterocycles. The lowest BCUT2D eigenvalue weighted by molar-refractivity contribution is -0.217. The third kappa shape index (κ3) is 13.6. The van der Waals surface area contributed by atoms with Crippen LogP contribution in [0.25, 0.3) is 0 Å². The van der Waals surface area contributed by atoms with E-state index in [0.29, 0.717) is 109 Å². The molecule has 0 amide bonds. The van der Waals surface area contributed by atoms with E-state index < -0.39 is 152 Å². The van der Waals surface area contributed by atoms with Crippen molar-refractivity contribution in [1.29, 1.82) is 0 Å². The summed E-state index contributed by atoms with van der Waals surface area (Å²) in [6, 6.07) is 0. The lowest BCUT2D eigenvalue weighted by Gasteiger charge is -2.61. The number of hydrogen-bond acceptors (Lipinski definition) is 19. The number of Topliss-reactive ketones (excluding diaryl/α,β-unsaturated/α-hetero) is 2. The highest BCUT2D eigenvalue weighted by Crippen LogP contribution is 2.66. The second kappa shape index (κ2) is 27.9. The number of carbonyl (C=O) groups excluding carboxylic acids is 6. The number of carboxylic acid groups (broad SMARTS) is 3. The van der Waals surface area contributed by atoms with Crippen molar-refractivity contribution in [2.45, 2.75) is 188 Å². The van der Waals surface area contributed by atoms with Gasteiger partial charge in [0.2, 0.25) is 0 Å². The Morgan fingerprint density at radius 1 is 0.483 bits per heavy atom. The molecular formula is C65H100O22. The van der Waals surface area contributed by atoms with Gasteiger partial charge in [0, 0.05) is 64.8 Å². The van der Waals surface area contributed by atoms with E-state index in [1.54, 1.807) is 0 Å². The summed E-state index contributed by atoms with van der Waals surface area (Å²) in [5.41, 5.74) is -4.51. The van der Waals surface area contributed by atoms with Crippen molar-refractivity contribution in [1.82, 2.24) is 0 Å². The Labute approximate surface area is 511 Å². The molecule has 6 saturated carbocycles. The molecule has 0 bridgehead atoms. The summed E-state index contributed by atoms with van der Waals surface area (Å²) in [4.78, 5) is 113. The molecule has 0 aromatic rings. The van der Waals surface area contributed by atoms with Crippen LogP contribution >= 0.6 is 0 Å². The van der Waals surface area contributed by atoms with Gasteiger partial charge in [0.15, 0.2) is 17.7 Å². The average Bonchev–Trinajstić information content (AvgIpc) is 1.21. The molecular weight excluding hydrogens is 1130 g/mol. The van der Waals surface area contributed by atoms with Crippen molar-refractivity contribution >= 4 is 53.4 Å². The first-order valence-electron chi connectivity index (χ1n) is 31.8. The molecule has 0 spiro atoms. The zero-order chi connectivity index (χ0) is 64.4. The van der Waals surface area contributed by atoms with Crippen LogP contribution in [0.3, 0.4) is 0 Å². The summed E-state index contributed by atoms with van der Waals surface area (Å²) in [6.45, 7) is 16.8. The van der Waals surface area contributed by atoms with Gasteiger partial charge in [-0.3, -0.25) is 43.2 Å². The maximum absolute atomic E-state index is 13.7. The van der Waals surface area contributed by atoms with Crippen molar-refractivity contribution < 1.29 is 107 Å². The van der Waals surface area contributed by atoms with Crippen LogP contribution in [0.15, 0.2) is 0 Å². The van der Waals surface area contributed by atoms with Gasteiger partial charge >= 0.3 is 41.8 Å². The highest BCUT2D eigenvalue weighted by Gasteiger charge is 2.69. The molecule has 0 aromatic carbocycles. The van der Waals surface area contributed by atoms with E-state index in [0.717, 1.165) is 45.1 Å². The van der Waals surface area contributed by atoms with E-state index in [1.807, 2.05) is 41.5 Å². The molecule has 87 heavy (non-hydrogen) atoms. The molecule has 0 radical (unpaired) electrons. The molecule has 0 aromatic heterocycles. The first kappa shape index (κ1) is 69.9. The van der Waals surface area contributed by atoms with Crippen molar-refractivity contribution in [2.75, 3.05) is 61.0 Å². The second-order valence-corrected chi connectivity index (χ2v) is 28.9. The molecule has 6 N–H and O–H groups in total. The van der Waals surface area contributed by atoms with E-state index in [-0.39, 0.29) is 30.8 Å². The molecule has 9 rings (SSSR count). The summed E-state index contributed by atoms with van der Waals surface area (Å²) in [5.74, 6) is -9.80. The van der Waals surface area contributed by atoms with Crippen molar-refractivity contribution in [3.63, 3.8) is 0 Å². The van der Waals surface area contributed by atoms with Crippen molar-refractivity contribution in [2.24, 2.45) is 104 Å². The van der Waals surface area contributed by atoms with Gasteiger partial charge in [-0.05, 0) is 165 Å². The number of aliphatic hydroxyl groups excluding tert-OH is 3. The van der Waals surface area contributed by atoms with Crippen LogP contribution in [0, 0.1) is 104 Å². The Hall–Kier alpha value is -4.61. The lowest BCUT2D eigenvalue weighted by atomic mass is 9.43. The zero-order valence-electron chi connectivity index (χ0n) is 52.9. The van der Waals surface area contributed by atoms with Gasteiger partial charge < -0.3 is 63.8 Å². The highest BCUT2D eigenvalue weighted by molar-refractivity contribution is 5.93. The van der Waals surface area contributed by atoms with Gasteiger partial charge in [-0.1, -0.05) is 41.5 Å². The third-order valence-corrected chi connectivity index (χ3v) is 24.1. The fourth-order valence-electron chi connectivity index (χ4n) is 19.4. The number of aliphatic carboxylic acids is 3. The van der Waals surface area contributed by atoms with Crippen LogP contribution in [0.5, 0.6) is 0 Å². The standard InChI is InChI=1S/C23H34O8.C21H34O7.C21H32O7/c1-13(24)31-17-11-16(21(28)29-4)23(3)9-6-15(20(26)27)22(2,19(23)18(17)25)8-5-14-7-10-30-12-14;2*1-20(7-4-12-6-9-28-11-12)13(18(24)25)5-8-21(2)14(19(26)27-3)10-15(22)16(23)17(20)21/h14-17,19H,5-12H2,1-4H3,(H,26,27);12-17,22-23H,4-11H2,1-3H3,(H,24,25);12-15,17,22H,4-11H2,1-3H3,(H,24,25)/t14?,15-,16-,17-,19?,22-,23-;12?,13-,14-,15-,16-,17?,20-,21-;12?,13-,14-,15-,17?,20-,21-/m000/s1. The monoisotopic (exact) mass is 1230 g/mol. The lowest BCUT2D eigenvalue weighted by Crippen LogP contribution is -2.64. The van der Waals surface area contributed by atoms with E-state index in [9.17, 15) is 73.8 Å². The largest absolute Gasteiger partial charge is 0.481 e. The summed E-state index contributed by atoms with van der Waals surface area (Å²) in [7, 11) is 3.95. The van der Waals surface area contributed by atoms with Crippen LogP contribution < -0.4 is 0 Å². The van der Waals surface area contributed by atoms with Gasteiger partial charge in [0.25, 0.3) is 0 Å². The van der Waals surface area contributed by atoms with Gasteiger partial charge in [-0.15, -0.1) is 0 Å². The first-order valence-corrected chi connectivity index (χ1v) is 31.8. The summed E-state index contributed by atoms with van der Waals surface area (Å²) in [6.07, 6.45) is 5.34. The molecule has 22 heteroatoms. The maximum Gasteiger partial charge on any atom is 0.309 e. The van der Waals surface area contributed by atoms with Gasteiger partial charge in [0.1, 0.15) is 6.10 Å². The van der Waals surface area contributed by atoms with E-state index in [4.69, 9.17) is 33.2 Å². The van der Waals surface area contributed by atoms with Crippen molar-refractivity contribution in [3.05, 3.63) is 0 Å². The number of ketones is 2. The molecule has 9 aliphatic rings. The number of hydrogen-bond donors (Lipinski definition) is 6. The zero-order valence-corrected chi connectivity index (χ0v) is 52.9. The number of carboxylic acids is 3. The number of ether oxygens (including phenoxy) is 7. The Bertz CT molecular complexity index is 2520. The summed E-state index contributed by atoms with van der Waals surface area (Å²) < 4.78 is 36.7. The fraction of sp³-hybridized carbons (Fsp3) is 0.862. The predicted molar refractivity (Wildman–Crippen MR) is 309 cm³/mol. The normalized spacial score (nSPS) is 43.1. The van der Waals surface area contributed by atoms with E-state index >= 15 is 0 Å². The number of aliphatic hydroxyl groups is 3.